The fourth-order valence-electron chi connectivity index (χ4n) is 4.26. The Balaban J connectivity index is 2.17. The number of rotatable bonds is 4. The Bertz CT molecular complexity index is 766. The first-order chi connectivity index (χ1) is 12.5. The second-order valence-corrected chi connectivity index (χ2v) is 7.74. The Kier molecular flexibility index (Phi) is 5.84. The van der Waals surface area contributed by atoms with E-state index in [2.05, 4.69) is 5.10 Å². The molecule has 0 spiro atoms. The molecular weight excluding hydrogens is 332 g/mol. The Labute approximate surface area is 153 Å². The number of hydrazone groups is 1. The second kappa shape index (κ2) is 8.10. The minimum atomic E-state index is -0.419. The summed E-state index contributed by atoms with van der Waals surface area (Å²) in [7, 11) is 3.51. The lowest BCUT2D eigenvalue weighted by Crippen LogP contribution is -2.45. The third-order valence-electron chi connectivity index (χ3n) is 5.63. The average Bonchev–Trinajstić information content (AvgIpc) is 2.63. The van der Waals surface area contributed by atoms with E-state index in [1.54, 1.807) is 19.1 Å². The van der Waals surface area contributed by atoms with Gasteiger partial charge in [0.25, 0.3) is 5.56 Å². The summed E-state index contributed by atoms with van der Waals surface area (Å²) in [6, 6.07) is -0.121. The maximum Gasteiger partial charge on any atom is 0.334 e. The van der Waals surface area contributed by atoms with Gasteiger partial charge in [-0.25, -0.2) is 4.79 Å². The van der Waals surface area contributed by atoms with Crippen LogP contribution in [0.1, 0.15) is 81.9 Å². The summed E-state index contributed by atoms with van der Waals surface area (Å²) in [6.45, 7) is 0. The van der Waals surface area contributed by atoms with Crippen LogP contribution in [-0.2, 0) is 0 Å². The SMILES string of the molecule is CN(C)N=Cc1c(O)n(C2CCCCC2)c(=O)n(C2CCCCC2)c1=O. The molecule has 2 fully saturated rings. The lowest BCUT2D eigenvalue weighted by molar-refractivity contribution is 0.271. The molecule has 0 bridgehead atoms. The summed E-state index contributed by atoms with van der Waals surface area (Å²) in [5, 5.41) is 16.5. The van der Waals surface area contributed by atoms with Crippen molar-refractivity contribution in [2.24, 2.45) is 5.10 Å². The van der Waals surface area contributed by atoms with E-state index in [0.29, 0.717) is 0 Å². The van der Waals surface area contributed by atoms with Crippen molar-refractivity contribution in [1.29, 1.82) is 0 Å². The van der Waals surface area contributed by atoms with Gasteiger partial charge in [0.15, 0.2) is 0 Å². The van der Waals surface area contributed by atoms with Gasteiger partial charge in [-0.15, -0.1) is 0 Å². The molecule has 7 heteroatoms. The molecular formula is C19H30N4O3. The van der Waals surface area contributed by atoms with E-state index in [4.69, 9.17) is 0 Å². The maximum absolute atomic E-state index is 13.2. The van der Waals surface area contributed by atoms with Crippen molar-refractivity contribution in [3.8, 4) is 5.88 Å². The molecule has 0 aromatic carbocycles. The van der Waals surface area contributed by atoms with Gasteiger partial charge in [-0.1, -0.05) is 38.5 Å². The van der Waals surface area contributed by atoms with Crippen LogP contribution >= 0.6 is 0 Å². The fourth-order valence-corrected chi connectivity index (χ4v) is 4.26. The van der Waals surface area contributed by atoms with E-state index in [-0.39, 0.29) is 29.2 Å². The highest BCUT2D eigenvalue weighted by Gasteiger charge is 2.28. The molecule has 144 valence electrons. The summed E-state index contributed by atoms with van der Waals surface area (Å²) in [6.07, 6.45) is 11.2. The third kappa shape index (κ3) is 3.71. The first-order valence-corrected chi connectivity index (χ1v) is 9.82. The van der Waals surface area contributed by atoms with Crippen LogP contribution in [-0.4, -0.2) is 39.6 Å². The number of nitrogens with zero attached hydrogens (tertiary/aromatic N) is 4. The molecule has 1 aromatic heterocycles. The molecule has 2 aliphatic rings. The van der Waals surface area contributed by atoms with Gasteiger partial charge >= 0.3 is 5.69 Å². The topological polar surface area (TPSA) is 79.8 Å². The van der Waals surface area contributed by atoms with Crippen molar-refractivity contribution in [3.63, 3.8) is 0 Å². The van der Waals surface area contributed by atoms with E-state index >= 15 is 0 Å². The van der Waals surface area contributed by atoms with Crippen molar-refractivity contribution in [2.75, 3.05) is 14.1 Å². The first-order valence-electron chi connectivity index (χ1n) is 9.82. The van der Waals surface area contributed by atoms with E-state index in [1.807, 2.05) is 0 Å². The van der Waals surface area contributed by atoms with Gasteiger partial charge in [0.1, 0.15) is 5.56 Å². The lowest BCUT2D eigenvalue weighted by atomic mass is 9.94. The largest absolute Gasteiger partial charge is 0.494 e. The van der Waals surface area contributed by atoms with E-state index in [9.17, 15) is 14.7 Å². The molecule has 0 unspecified atom stereocenters. The number of aromatic nitrogens is 2. The lowest BCUT2D eigenvalue weighted by Gasteiger charge is -2.29. The summed E-state index contributed by atoms with van der Waals surface area (Å²) in [4.78, 5) is 26.2. The van der Waals surface area contributed by atoms with Crippen molar-refractivity contribution < 1.29 is 5.11 Å². The van der Waals surface area contributed by atoms with Gasteiger partial charge < -0.3 is 10.1 Å². The van der Waals surface area contributed by atoms with Crippen LogP contribution in [0.5, 0.6) is 5.88 Å². The minimum absolute atomic E-state index is 0.0433. The third-order valence-corrected chi connectivity index (χ3v) is 5.63. The summed E-state index contributed by atoms with van der Waals surface area (Å²) in [5.41, 5.74) is -0.653. The Hall–Kier alpha value is -2.05. The van der Waals surface area contributed by atoms with Gasteiger partial charge in [-0.3, -0.25) is 13.9 Å². The predicted molar refractivity (Wildman–Crippen MR) is 102 cm³/mol. The molecule has 1 aromatic rings. The van der Waals surface area contributed by atoms with E-state index < -0.39 is 5.56 Å². The van der Waals surface area contributed by atoms with E-state index in [0.717, 1.165) is 64.2 Å². The zero-order chi connectivity index (χ0) is 18.7. The maximum atomic E-state index is 13.2. The van der Waals surface area contributed by atoms with Crippen LogP contribution in [0, 0.1) is 0 Å². The summed E-state index contributed by atoms with van der Waals surface area (Å²) >= 11 is 0. The highest BCUT2D eigenvalue weighted by Crippen LogP contribution is 2.31. The zero-order valence-corrected chi connectivity index (χ0v) is 15.9. The quantitative estimate of drug-likeness (QED) is 0.659. The van der Waals surface area contributed by atoms with Crippen molar-refractivity contribution >= 4 is 6.21 Å². The molecule has 0 radical (unpaired) electrons. The first kappa shape index (κ1) is 18.7. The van der Waals surface area contributed by atoms with Gasteiger partial charge in [-0.2, -0.15) is 5.10 Å². The van der Waals surface area contributed by atoms with Crippen LogP contribution in [0.15, 0.2) is 14.7 Å². The van der Waals surface area contributed by atoms with Crippen molar-refractivity contribution in [3.05, 3.63) is 26.4 Å². The second-order valence-electron chi connectivity index (χ2n) is 7.74. The Morgan fingerprint density at radius 1 is 0.923 bits per heavy atom. The van der Waals surface area contributed by atoms with Gasteiger partial charge in [-0.05, 0) is 25.7 Å². The highest BCUT2D eigenvalue weighted by molar-refractivity contribution is 5.81. The molecule has 0 atom stereocenters. The fraction of sp³-hybridized carbons (Fsp3) is 0.737. The minimum Gasteiger partial charge on any atom is -0.494 e. The molecule has 0 aliphatic heterocycles. The van der Waals surface area contributed by atoms with Crippen LogP contribution in [0.3, 0.4) is 0 Å². The van der Waals surface area contributed by atoms with Crippen LogP contribution < -0.4 is 11.2 Å². The molecule has 7 nitrogen and oxygen atoms in total. The van der Waals surface area contributed by atoms with Crippen LogP contribution in [0.2, 0.25) is 0 Å². The van der Waals surface area contributed by atoms with Crippen LogP contribution in [0.25, 0.3) is 0 Å². The summed E-state index contributed by atoms with van der Waals surface area (Å²) < 4.78 is 2.86. The molecule has 1 N–H and O–H groups in total. The molecule has 0 amide bonds. The van der Waals surface area contributed by atoms with Crippen molar-refractivity contribution in [2.45, 2.75) is 76.3 Å². The number of aromatic hydroxyl groups is 1. The van der Waals surface area contributed by atoms with Crippen molar-refractivity contribution in [1.82, 2.24) is 14.1 Å². The normalized spacial score (nSPS) is 19.9. The smallest absolute Gasteiger partial charge is 0.334 e. The molecule has 0 saturated heterocycles. The molecule has 1 heterocycles. The Morgan fingerprint density at radius 3 is 1.92 bits per heavy atom. The van der Waals surface area contributed by atoms with Gasteiger partial charge in [0.2, 0.25) is 5.88 Å². The van der Waals surface area contributed by atoms with Gasteiger partial charge in [0.05, 0.1) is 6.21 Å². The number of hydrogen-bond donors (Lipinski definition) is 1. The highest BCUT2D eigenvalue weighted by atomic mass is 16.3. The monoisotopic (exact) mass is 362 g/mol. The standard InChI is InChI=1S/C19H30N4O3/c1-21(2)20-13-16-17(24)22(14-9-5-3-6-10-14)19(26)23(18(16)25)15-11-7-4-8-12-15/h13-15,24H,3-12H2,1-2H3. The predicted octanol–water partition coefficient (Wildman–Crippen LogP) is 2.62. The zero-order valence-electron chi connectivity index (χ0n) is 15.9. The molecule has 3 rings (SSSR count). The Morgan fingerprint density at radius 2 is 1.42 bits per heavy atom. The molecule has 26 heavy (non-hydrogen) atoms. The molecule has 2 aliphatic carbocycles. The summed E-state index contributed by atoms with van der Waals surface area (Å²) in [5.74, 6) is -0.232. The molecule has 2 saturated carbocycles. The van der Waals surface area contributed by atoms with Crippen LogP contribution in [0.4, 0.5) is 0 Å². The number of hydrogen-bond acceptors (Lipinski definition) is 5. The average molecular weight is 362 g/mol. The van der Waals surface area contributed by atoms with Gasteiger partial charge in [0, 0.05) is 26.2 Å². The van der Waals surface area contributed by atoms with E-state index in [1.165, 1.54) is 15.3 Å².